The number of aromatic nitrogens is 3. The number of hydrogen-bond donors (Lipinski definition) is 2. The summed E-state index contributed by atoms with van der Waals surface area (Å²) in [7, 11) is 1.67. The van der Waals surface area contributed by atoms with Crippen molar-refractivity contribution in [2.75, 3.05) is 13.7 Å². The minimum Gasteiger partial charge on any atom is -0.496 e. The summed E-state index contributed by atoms with van der Waals surface area (Å²) in [6.45, 7) is 1.19. The monoisotopic (exact) mass is 334 g/mol. The molecule has 0 fully saturated rings. The number of nitrogens with one attached hydrogen (secondary N) is 2. The molecule has 4 aromatic rings. The normalized spacial score (nSPS) is 11.1. The molecule has 0 aliphatic rings. The molecule has 0 unspecified atom stereocenters. The van der Waals surface area contributed by atoms with Crippen LogP contribution in [0.2, 0.25) is 0 Å². The maximum Gasteiger partial charge on any atom is 0.272 e. The minimum atomic E-state index is -0.175. The zero-order valence-corrected chi connectivity index (χ0v) is 13.8. The molecule has 0 aliphatic heterocycles. The molecular formula is C19H18N4O2. The van der Waals surface area contributed by atoms with Crippen molar-refractivity contribution in [3.63, 3.8) is 0 Å². The van der Waals surface area contributed by atoms with Gasteiger partial charge in [0, 0.05) is 30.1 Å². The third-order valence-electron chi connectivity index (χ3n) is 4.32. The smallest absolute Gasteiger partial charge is 0.272 e. The first-order chi connectivity index (χ1) is 12.3. The summed E-state index contributed by atoms with van der Waals surface area (Å²) in [5.74, 6) is 0.676. The van der Waals surface area contributed by atoms with Gasteiger partial charge >= 0.3 is 0 Å². The molecule has 25 heavy (non-hydrogen) atoms. The Bertz CT molecular complexity index is 1050. The lowest BCUT2D eigenvalue weighted by Gasteiger charge is -2.08. The highest BCUT2D eigenvalue weighted by molar-refractivity contribution is 6.04. The Kier molecular flexibility index (Phi) is 3.85. The summed E-state index contributed by atoms with van der Waals surface area (Å²) in [5, 5.41) is 11.8. The Balaban J connectivity index is 1.47. The lowest BCUT2D eigenvalue weighted by molar-refractivity contribution is 0.0949. The molecule has 2 aromatic carbocycles. The molecule has 4 rings (SSSR count). The molecule has 0 radical (unpaired) electrons. The fourth-order valence-corrected chi connectivity index (χ4v) is 3.08. The zero-order chi connectivity index (χ0) is 17.2. The third-order valence-corrected chi connectivity index (χ3v) is 4.32. The fourth-order valence-electron chi connectivity index (χ4n) is 3.08. The molecule has 126 valence electrons. The Morgan fingerprint density at radius 3 is 2.92 bits per heavy atom. The van der Waals surface area contributed by atoms with Crippen molar-refractivity contribution in [3.8, 4) is 5.75 Å². The number of carbonyl (C=O) groups is 1. The topological polar surface area (TPSA) is 71.9 Å². The zero-order valence-electron chi connectivity index (χ0n) is 13.8. The van der Waals surface area contributed by atoms with E-state index < -0.39 is 0 Å². The number of aromatic amines is 1. The minimum absolute atomic E-state index is 0.175. The summed E-state index contributed by atoms with van der Waals surface area (Å²) < 4.78 is 7.48. The molecule has 6 heteroatoms. The number of nitrogens with zero attached hydrogens (tertiary/aromatic N) is 2. The highest BCUT2D eigenvalue weighted by atomic mass is 16.5. The number of carbonyl (C=O) groups excluding carboxylic acids is 1. The summed E-state index contributed by atoms with van der Waals surface area (Å²) in [4.78, 5) is 12.4. The number of para-hydroxylation sites is 1. The van der Waals surface area contributed by atoms with Crippen LogP contribution in [0.4, 0.5) is 0 Å². The molecule has 0 bridgehead atoms. The van der Waals surface area contributed by atoms with Gasteiger partial charge in [0.2, 0.25) is 0 Å². The first-order valence-electron chi connectivity index (χ1n) is 8.11. The molecule has 1 amide bonds. The van der Waals surface area contributed by atoms with Crippen molar-refractivity contribution < 1.29 is 9.53 Å². The Morgan fingerprint density at radius 1 is 1.16 bits per heavy atom. The van der Waals surface area contributed by atoms with E-state index in [1.807, 2.05) is 54.7 Å². The fraction of sp³-hybridized carbons (Fsp3) is 0.158. The quantitative estimate of drug-likeness (QED) is 0.589. The van der Waals surface area contributed by atoms with Crippen molar-refractivity contribution in [2.45, 2.75) is 6.54 Å². The first kappa shape index (κ1) is 15.3. The number of methoxy groups -OCH3 is 1. The van der Waals surface area contributed by atoms with Crippen LogP contribution in [-0.4, -0.2) is 34.3 Å². The van der Waals surface area contributed by atoms with E-state index in [9.17, 15) is 4.79 Å². The SMILES string of the molecule is COc1cccc2c1ccn2CCNC(=O)c1n[nH]c2ccccc12. The van der Waals surface area contributed by atoms with Crippen molar-refractivity contribution in [1.82, 2.24) is 20.1 Å². The van der Waals surface area contributed by atoms with Gasteiger partial charge in [-0.3, -0.25) is 9.89 Å². The van der Waals surface area contributed by atoms with Gasteiger partial charge in [-0.2, -0.15) is 5.10 Å². The number of rotatable bonds is 5. The van der Waals surface area contributed by atoms with Gasteiger partial charge in [0.15, 0.2) is 5.69 Å². The van der Waals surface area contributed by atoms with Crippen molar-refractivity contribution in [1.29, 1.82) is 0 Å². The molecule has 0 saturated heterocycles. The maximum absolute atomic E-state index is 12.4. The number of benzene rings is 2. The number of H-pyrrole nitrogens is 1. The predicted molar refractivity (Wildman–Crippen MR) is 96.9 cm³/mol. The second-order valence-electron chi connectivity index (χ2n) is 5.78. The van der Waals surface area contributed by atoms with Crippen LogP contribution < -0.4 is 10.1 Å². The highest BCUT2D eigenvalue weighted by Gasteiger charge is 2.13. The van der Waals surface area contributed by atoms with E-state index in [0.717, 1.165) is 27.6 Å². The Hall–Kier alpha value is -3.28. The molecule has 0 spiro atoms. The largest absolute Gasteiger partial charge is 0.496 e. The maximum atomic E-state index is 12.4. The van der Waals surface area contributed by atoms with Gasteiger partial charge in [0.1, 0.15) is 5.75 Å². The molecule has 2 heterocycles. The molecule has 6 nitrogen and oxygen atoms in total. The van der Waals surface area contributed by atoms with Gasteiger partial charge in [0.05, 0.1) is 18.1 Å². The standard InChI is InChI=1S/C19H18N4O2/c1-25-17-8-4-7-16-14(17)9-11-23(16)12-10-20-19(24)18-13-5-2-3-6-15(13)21-22-18/h2-9,11H,10,12H2,1H3,(H,20,24)(H,21,22). The second kappa shape index (κ2) is 6.32. The Labute approximate surface area is 144 Å². The van der Waals surface area contributed by atoms with Gasteiger partial charge < -0.3 is 14.6 Å². The van der Waals surface area contributed by atoms with Gasteiger partial charge in [-0.05, 0) is 24.3 Å². The lowest BCUT2D eigenvalue weighted by Crippen LogP contribution is -2.27. The molecule has 0 saturated carbocycles. The molecule has 0 atom stereocenters. The number of fused-ring (bicyclic) bond motifs is 2. The summed E-state index contributed by atoms with van der Waals surface area (Å²) in [6, 6.07) is 15.6. The molecule has 2 N–H and O–H groups in total. The first-order valence-corrected chi connectivity index (χ1v) is 8.11. The van der Waals surface area contributed by atoms with E-state index in [4.69, 9.17) is 4.74 Å². The average Bonchev–Trinajstić information content (AvgIpc) is 3.26. The van der Waals surface area contributed by atoms with Crippen molar-refractivity contribution in [3.05, 3.63) is 60.4 Å². The average molecular weight is 334 g/mol. The van der Waals surface area contributed by atoms with Crippen LogP contribution in [0.5, 0.6) is 5.75 Å². The van der Waals surface area contributed by atoms with Crippen LogP contribution in [0.25, 0.3) is 21.8 Å². The van der Waals surface area contributed by atoms with E-state index in [2.05, 4.69) is 20.1 Å². The Morgan fingerprint density at radius 2 is 2.04 bits per heavy atom. The van der Waals surface area contributed by atoms with Gasteiger partial charge in [-0.1, -0.05) is 24.3 Å². The van der Waals surface area contributed by atoms with Crippen LogP contribution >= 0.6 is 0 Å². The van der Waals surface area contributed by atoms with Gasteiger partial charge in [-0.25, -0.2) is 0 Å². The number of ether oxygens (including phenoxy) is 1. The highest BCUT2D eigenvalue weighted by Crippen LogP contribution is 2.26. The molecular weight excluding hydrogens is 316 g/mol. The van der Waals surface area contributed by atoms with E-state index in [1.54, 1.807) is 7.11 Å². The van der Waals surface area contributed by atoms with Crippen LogP contribution in [-0.2, 0) is 6.54 Å². The van der Waals surface area contributed by atoms with Crippen LogP contribution in [0, 0.1) is 0 Å². The van der Waals surface area contributed by atoms with E-state index in [0.29, 0.717) is 18.8 Å². The second-order valence-corrected chi connectivity index (χ2v) is 5.78. The molecule has 2 aromatic heterocycles. The van der Waals surface area contributed by atoms with Gasteiger partial charge in [-0.15, -0.1) is 0 Å². The van der Waals surface area contributed by atoms with E-state index >= 15 is 0 Å². The third kappa shape index (κ3) is 2.71. The predicted octanol–water partition coefficient (Wildman–Crippen LogP) is 2.96. The summed E-state index contributed by atoms with van der Waals surface area (Å²) >= 11 is 0. The van der Waals surface area contributed by atoms with Crippen molar-refractivity contribution in [2.24, 2.45) is 0 Å². The van der Waals surface area contributed by atoms with E-state index in [1.165, 1.54) is 0 Å². The summed E-state index contributed by atoms with van der Waals surface area (Å²) in [5.41, 5.74) is 2.37. The van der Waals surface area contributed by atoms with Gasteiger partial charge in [0.25, 0.3) is 5.91 Å². The van der Waals surface area contributed by atoms with Crippen LogP contribution in [0.1, 0.15) is 10.5 Å². The summed E-state index contributed by atoms with van der Waals surface area (Å²) in [6.07, 6.45) is 2.00. The van der Waals surface area contributed by atoms with Crippen molar-refractivity contribution >= 4 is 27.7 Å². The van der Waals surface area contributed by atoms with Crippen LogP contribution in [0.15, 0.2) is 54.7 Å². The van der Waals surface area contributed by atoms with Crippen LogP contribution in [0.3, 0.4) is 0 Å². The lowest BCUT2D eigenvalue weighted by atomic mass is 10.2. The van der Waals surface area contributed by atoms with E-state index in [-0.39, 0.29) is 5.91 Å². The number of amides is 1. The number of hydrogen-bond acceptors (Lipinski definition) is 3. The molecule has 0 aliphatic carbocycles.